The van der Waals surface area contributed by atoms with Crippen LogP contribution in [0, 0.1) is 6.92 Å². The highest BCUT2D eigenvalue weighted by atomic mass is 32.2. The summed E-state index contributed by atoms with van der Waals surface area (Å²) in [6.07, 6.45) is 0.779. The van der Waals surface area contributed by atoms with Crippen molar-refractivity contribution >= 4 is 15.7 Å². The van der Waals surface area contributed by atoms with Gasteiger partial charge in [-0.1, -0.05) is 12.1 Å². The Bertz CT molecular complexity index is 883. The number of benzene rings is 2. The summed E-state index contributed by atoms with van der Waals surface area (Å²) in [7, 11) is -3.61. The molecular weight excluding hydrogens is 364 g/mol. The van der Waals surface area contributed by atoms with Crippen LogP contribution in [-0.4, -0.2) is 41.3 Å². The predicted molar refractivity (Wildman–Crippen MR) is 106 cm³/mol. The fourth-order valence-corrected chi connectivity index (χ4v) is 4.04. The molecule has 1 aliphatic rings. The van der Waals surface area contributed by atoms with E-state index in [1.807, 2.05) is 25.1 Å². The van der Waals surface area contributed by atoms with Gasteiger partial charge in [0.15, 0.2) is 11.5 Å². The average molecular weight is 391 g/mol. The van der Waals surface area contributed by atoms with E-state index in [2.05, 4.69) is 22.6 Å². The number of likely N-dealkylation sites (N-methyl/N-ethyl adjacent to an activating group) is 1. The lowest BCUT2D eigenvalue weighted by molar-refractivity contribution is 0.297. The van der Waals surface area contributed by atoms with Gasteiger partial charge in [-0.25, -0.2) is 13.1 Å². The first-order valence-corrected chi connectivity index (χ1v) is 10.7. The monoisotopic (exact) mass is 390 g/mol. The molecule has 1 heterocycles. The van der Waals surface area contributed by atoms with Crippen molar-refractivity contribution in [3.05, 3.63) is 48.0 Å². The second kappa shape index (κ2) is 8.63. The smallest absolute Gasteiger partial charge is 0.240 e. The topological polar surface area (TPSA) is 67.9 Å². The lowest BCUT2D eigenvalue weighted by atomic mass is 10.2. The zero-order valence-corrected chi connectivity index (χ0v) is 16.6. The van der Waals surface area contributed by atoms with E-state index in [1.165, 1.54) is 11.6 Å². The van der Waals surface area contributed by atoms with E-state index < -0.39 is 10.0 Å². The molecule has 2 aromatic rings. The number of nitrogens with zero attached hydrogens (tertiary/aromatic N) is 1. The number of fused-ring (bicyclic) bond motifs is 1. The van der Waals surface area contributed by atoms with Crippen molar-refractivity contribution in [1.29, 1.82) is 0 Å². The highest BCUT2D eigenvalue weighted by Crippen LogP contribution is 2.31. The van der Waals surface area contributed by atoms with E-state index >= 15 is 0 Å². The molecule has 3 rings (SSSR count). The molecule has 0 aliphatic carbocycles. The maximum Gasteiger partial charge on any atom is 0.240 e. The van der Waals surface area contributed by atoms with Crippen molar-refractivity contribution in [2.75, 3.05) is 37.7 Å². The Morgan fingerprint density at radius 3 is 2.59 bits per heavy atom. The zero-order valence-electron chi connectivity index (χ0n) is 15.8. The number of hydrogen-bond donors (Lipinski definition) is 1. The Balaban J connectivity index is 1.65. The summed E-state index contributed by atoms with van der Waals surface area (Å²) >= 11 is 0. The Kier molecular flexibility index (Phi) is 6.23. The molecule has 0 saturated carbocycles. The van der Waals surface area contributed by atoms with Crippen LogP contribution in [0.1, 0.15) is 18.9 Å². The first kappa shape index (κ1) is 19.5. The number of nitrogens with one attached hydrogen (secondary N) is 1. The van der Waals surface area contributed by atoms with Crippen molar-refractivity contribution in [2.24, 2.45) is 0 Å². The molecule has 0 unspecified atom stereocenters. The SMILES string of the molecule is CCN(CCNS(=O)(=O)c1ccc2c(c1)OCCCO2)c1cccc(C)c1. The van der Waals surface area contributed by atoms with Crippen molar-refractivity contribution in [3.8, 4) is 11.5 Å². The van der Waals surface area contributed by atoms with Crippen molar-refractivity contribution < 1.29 is 17.9 Å². The summed E-state index contributed by atoms with van der Waals surface area (Å²) in [5, 5.41) is 0. The minimum absolute atomic E-state index is 0.186. The van der Waals surface area contributed by atoms with Gasteiger partial charge in [0.25, 0.3) is 0 Å². The number of hydrogen-bond acceptors (Lipinski definition) is 5. The Morgan fingerprint density at radius 2 is 1.85 bits per heavy atom. The second-order valence-electron chi connectivity index (χ2n) is 6.48. The molecule has 27 heavy (non-hydrogen) atoms. The van der Waals surface area contributed by atoms with E-state index in [-0.39, 0.29) is 4.90 Å². The van der Waals surface area contributed by atoms with Gasteiger partial charge in [-0.05, 0) is 43.7 Å². The first-order chi connectivity index (χ1) is 13.0. The molecule has 7 heteroatoms. The summed E-state index contributed by atoms with van der Waals surface area (Å²) in [4.78, 5) is 2.33. The fourth-order valence-electron chi connectivity index (χ4n) is 3.00. The molecule has 0 aromatic heterocycles. The quantitative estimate of drug-likeness (QED) is 0.787. The molecule has 0 atom stereocenters. The van der Waals surface area contributed by atoms with Gasteiger partial charge in [0.2, 0.25) is 10.0 Å². The first-order valence-electron chi connectivity index (χ1n) is 9.20. The minimum atomic E-state index is -3.61. The maximum atomic E-state index is 12.6. The molecule has 0 fully saturated rings. The lowest BCUT2D eigenvalue weighted by Gasteiger charge is -2.23. The zero-order chi connectivity index (χ0) is 19.3. The predicted octanol–water partition coefficient (Wildman–Crippen LogP) is 2.96. The Hall–Kier alpha value is -2.25. The highest BCUT2D eigenvalue weighted by Gasteiger charge is 2.19. The van der Waals surface area contributed by atoms with Gasteiger partial charge >= 0.3 is 0 Å². The summed E-state index contributed by atoms with van der Waals surface area (Å²) in [6, 6.07) is 12.9. The molecule has 0 amide bonds. The number of rotatable bonds is 7. The standard InChI is InChI=1S/C20H26N2O4S/c1-3-22(17-7-4-6-16(2)14-17)11-10-21-27(23,24)18-8-9-19-20(15-18)26-13-5-12-25-19/h4,6-9,14-15,21H,3,5,10-13H2,1-2H3. The third kappa shape index (κ3) is 4.93. The molecule has 0 bridgehead atoms. The van der Waals surface area contributed by atoms with Gasteiger partial charge in [-0.2, -0.15) is 0 Å². The number of sulfonamides is 1. The van der Waals surface area contributed by atoms with Crippen LogP contribution in [-0.2, 0) is 10.0 Å². The lowest BCUT2D eigenvalue weighted by Crippen LogP contribution is -2.35. The van der Waals surface area contributed by atoms with Crippen molar-refractivity contribution in [1.82, 2.24) is 4.72 Å². The van der Waals surface area contributed by atoms with Gasteiger partial charge in [0.1, 0.15) is 0 Å². The highest BCUT2D eigenvalue weighted by molar-refractivity contribution is 7.89. The third-order valence-electron chi connectivity index (χ3n) is 4.45. The van der Waals surface area contributed by atoms with Gasteiger partial charge in [-0.15, -0.1) is 0 Å². The summed E-state index contributed by atoms with van der Waals surface area (Å²) in [6.45, 7) is 6.90. The Labute approximate surface area is 161 Å². The summed E-state index contributed by atoms with van der Waals surface area (Å²) in [5.74, 6) is 1.06. The molecule has 6 nitrogen and oxygen atoms in total. The van der Waals surface area contributed by atoms with E-state index in [9.17, 15) is 8.42 Å². The van der Waals surface area contributed by atoms with E-state index in [1.54, 1.807) is 12.1 Å². The van der Waals surface area contributed by atoms with Gasteiger partial charge in [-0.3, -0.25) is 0 Å². The van der Waals surface area contributed by atoms with Crippen LogP contribution in [0.4, 0.5) is 5.69 Å². The summed E-state index contributed by atoms with van der Waals surface area (Å²) in [5.41, 5.74) is 2.27. The second-order valence-corrected chi connectivity index (χ2v) is 8.24. The molecule has 2 aromatic carbocycles. The summed E-state index contributed by atoms with van der Waals surface area (Å²) < 4.78 is 39.1. The largest absolute Gasteiger partial charge is 0.490 e. The average Bonchev–Trinajstić information content (AvgIpc) is 2.90. The minimum Gasteiger partial charge on any atom is -0.490 e. The van der Waals surface area contributed by atoms with Crippen LogP contribution in [0.5, 0.6) is 11.5 Å². The van der Waals surface area contributed by atoms with Crippen LogP contribution in [0.25, 0.3) is 0 Å². The molecule has 1 aliphatic heterocycles. The molecular formula is C20H26N2O4S. The molecule has 146 valence electrons. The third-order valence-corrected chi connectivity index (χ3v) is 5.91. The normalized spacial score (nSPS) is 13.9. The van der Waals surface area contributed by atoms with E-state index in [0.29, 0.717) is 37.8 Å². The van der Waals surface area contributed by atoms with Crippen LogP contribution in [0.15, 0.2) is 47.4 Å². The van der Waals surface area contributed by atoms with Gasteiger partial charge in [0, 0.05) is 37.8 Å². The van der Waals surface area contributed by atoms with Gasteiger partial charge in [0.05, 0.1) is 18.1 Å². The van der Waals surface area contributed by atoms with Crippen LogP contribution in [0.3, 0.4) is 0 Å². The fraction of sp³-hybridized carbons (Fsp3) is 0.400. The van der Waals surface area contributed by atoms with Crippen molar-refractivity contribution in [3.63, 3.8) is 0 Å². The van der Waals surface area contributed by atoms with E-state index in [0.717, 1.165) is 18.7 Å². The number of aryl methyl sites for hydroxylation is 1. The van der Waals surface area contributed by atoms with Gasteiger partial charge < -0.3 is 14.4 Å². The molecule has 0 spiro atoms. The van der Waals surface area contributed by atoms with E-state index in [4.69, 9.17) is 9.47 Å². The van der Waals surface area contributed by atoms with Crippen LogP contribution in [0.2, 0.25) is 0 Å². The maximum absolute atomic E-state index is 12.6. The van der Waals surface area contributed by atoms with Crippen molar-refractivity contribution in [2.45, 2.75) is 25.2 Å². The van der Waals surface area contributed by atoms with Crippen LogP contribution < -0.4 is 19.1 Å². The number of anilines is 1. The van der Waals surface area contributed by atoms with Crippen LogP contribution >= 0.6 is 0 Å². The molecule has 0 saturated heterocycles. The molecule has 1 N–H and O–H groups in total. The Morgan fingerprint density at radius 1 is 1.07 bits per heavy atom. The molecule has 0 radical (unpaired) electrons. The number of ether oxygens (including phenoxy) is 2.